The molecule has 0 aromatic heterocycles. The van der Waals surface area contributed by atoms with Crippen LogP contribution in [0.25, 0.3) is 0 Å². The van der Waals surface area contributed by atoms with Gasteiger partial charge in [-0.3, -0.25) is 4.79 Å². The van der Waals surface area contributed by atoms with Crippen molar-refractivity contribution in [3.63, 3.8) is 0 Å². The van der Waals surface area contributed by atoms with Crippen LogP contribution in [-0.2, 0) is 4.79 Å². The maximum Gasteiger partial charge on any atom is 0.215 e. The zero-order valence-corrected chi connectivity index (χ0v) is 7.39. The molecule has 0 fully saturated rings. The first-order valence-electron chi connectivity index (χ1n) is 2.44. The summed E-state index contributed by atoms with van der Waals surface area (Å²) in [5.41, 5.74) is 5.37. The molecule has 54 valence electrons. The van der Waals surface area contributed by atoms with E-state index in [-0.39, 0.29) is 5.12 Å². The van der Waals surface area contributed by atoms with Gasteiger partial charge < -0.3 is 5.73 Å². The van der Waals surface area contributed by atoms with Gasteiger partial charge in [-0.15, -0.1) is 11.7 Å². The van der Waals surface area contributed by atoms with Gasteiger partial charge in [0.25, 0.3) is 0 Å². The Balaban J connectivity index is 3.45. The number of hydrogen-bond acceptors (Lipinski definition) is 5. The van der Waals surface area contributed by atoms with E-state index in [9.17, 15) is 4.79 Å². The molecule has 0 aromatic rings. The van der Waals surface area contributed by atoms with Crippen LogP contribution in [-0.4, -0.2) is 16.9 Å². The van der Waals surface area contributed by atoms with E-state index < -0.39 is 6.04 Å². The summed E-state index contributed by atoms with van der Waals surface area (Å²) < 4.78 is 0. The fraction of sp³-hybridized carbons (Fsp3) is 0.750. The lowest BCUT2D eigenvalue weighted by Crippen LogP contribution is -2.27. The Labute approximate surface area is 69.2 Å². The third-order valence-electron chi connectivity index (χ3n) is 0.833. The summed E-state index contributed by atoms with van der Waals surface area (Å²) in [5.74, 6) is 0.640. The zero-order valence-electron chi connectivity index (χ0n) is 4.78. The van der Waals surface area contributed by atoms with Gasteiger partial charge in [0.2, 0.25) is 5.12 Å². The minimum atomic E-state index is -0.398. The van der Waals surface area contributed by atoms with Crippen LogP contribution in [0.1, 0.15) is 6.42 Å². The number of thiol groups is 2. The predicted octanol–water partition coefficient (Wildman–Crippen LogP) is 0.738. The highest BCUT2D eigenvalue weighted by molar-refractivity contribution is 8.74. The van der Waals surface area contributed by atoms with Crippen molar-refractivity contribution in [3.8, 4) is 0 Å². The number of nitrogens with two attached hydrogens (primary N) is 1. The third-order valence-corrected chi connectivity index (χ3v) is 2.11. The van der Waals surface area contributed by atoms with Gasteiger partial charge in [0, 0.05) is 0 Å². The Morgan fingerprint density at radius 1 is 1.78 bits per heavy atom. The van der Waals surface area contributed by atoms with E-state index in [1.165, 1.54) is 0 Å². The SMILES string of the molecule is N[C@@H](CCS)C(=O)SS. The van der Waals surface area contributed by atoms with Crippen molar-refractivity contribution >= 4 is 40.2 Å². The largest absolute Gasteiger partial charge is 0.321 e. The van der Waals surface area contributed by atoms with Crippen LogP contribution in [0.3, 0.4) is 0 Å². The Kier molecular flexibility index (Phi) is 5.88. The van der Waals surface area contributed by atoms with Crippen molar-refractivity contribution in [1.82, 2.24) is 0 Å². The molecule has 2 nitrogen and oxygen atoms in total. The lowest BCUT2D eigenvalue weighted by atomic mass is 10.3. The first-order chi connectivity index (χ1) is 4.22. The van der Waals surface area contributed by atoms with Crippen LogP contribution in [0.2, 0.25) is 0 Å². The molecular weight excluding hydrogens is 174 g/mol. The molecule has 0 aliphatic carbocycles. The van der Waals surface area contributed by atoms with Crippen LogP contribution >= 0.6 is 35.1 Å². The summed E-state index contributed by atoms with van der Waals surface area (Å²) in [4.78, 5) is 10.6. The second kappa shape index (κ2) is 5.46. The van der Waals surface area contributed by atoms with Crippen molar-refractivity contribution < 1.29 is 4.79 Å². The Bertz CT molecular complexity index is 97.8. The molecule has 0 aromatic carbocycles. The number of rotatable bonds is 3. The molecule has 0 heterocycles. The molecule has 0 aliphatic rings. The van der Waals surface area contributed by atoms with Crippen LogP contribution < -0.4 is 5.73 Å². The van der Waals surface area contributed by atoms with Crippen LogP contribution in [0, 0.1) is 0 Å². The standard InChI is InChI=1S/C4H9NOS3/c5-3(1-2-7)4(6)9-8/h3,7-8H,1-2,5H2/t3-/m0/s1. The average Bonchev–Trinajstić information content (AvgIpc) is 1.87. The number of carbonyl (C=O) groups excluding carboxylic acids is 1. The highest BCUT2D eigenvalue weighted by Crippen LogP contribution is 2.10. The van der Waals surface area contributed by atoms with Gasteiger partial charge in [0.05, 0.1) is 6.04 Å². The molecule has 0 bridgehead atoms. The first kappa shape index (κ1) is 9.68. The first-order valence-corrected chi connectivity index (χ1v) is 4.94. The lowest BCUT2D eigenvalue weighted by Gasteiger charge is -2.03. The lowest BCUT2D eigenvalue weighted by molar-refractivity contribution is -0.111. The third kappa shape index (κ3) is 4.13. The Morgan fingerprint density at radius 3 is 2.67 bits per heavy atom. The molecule has 1 atom stereocenters. The van der Waals surface area contributed by atoms with Crippen molar-refractivity contribution in [2.45, 2.75) is 12.5 Å². The number of carbonyl (C=O) groups is 1. The zero-order chi connectivity index (χ0) is 7.28. The number of hydrogen-bond donors (Lipinski definition) is 3. The van der Waals surface area contributed by atoms with Crippen LogP contribution in [0.5, 0.6) is 0 Å². The fourth-order valence-electron chi connectivity index (χ4n) is 0.325. The van der Waals surface area contributed by atoms with E-state index in [1.807, 2.05) is 0 Å². The highest BCUT2D eigenvalue weighted by Gasteiger charge is 2.10. The molecule has 9 heavy (non-hydrogen) atoms. The Hall–Kier alpha value is 0.680. The summed E-state index contributed by atoms with van der Waals surface area (Å²) in [6.07, 6.45) is 0.621. The monoisotopic (exact) mass is 183 g/mol. The van der Waals surface area contributed by atoms with Crippen LogP contribution in [0.4, 0.5) is 0 Å². The van der Waals surface area contributed by atoms with Crippen molar-refractivity contribution in [2.75, 3.05) is 5.75 Å². The minimum absolute atomic E-state index is 0.0904. The van der Waals surface area contributed by atoms with Crippen molar-refractivity contribution in [2.24, 2.45) is 5.73 Å². The fourth-order valence-corrected chi connectivity index (χ4v) is 1.26. The molecule has 0 saturated carbocycles. The molecule has 0 unspecified atom stereocenters. The topological polar surface area (TPSA) is 43.1 Å². The second-order valence-corrected chi connectivity index (χ2v) is 3.11. The normalized spacial score (nSPS) is 13.2. The van der Waals surface area contributed by atoms with Crippen molar-refractivity contribution in [1.29, 1.82) is 0 Å². The molecular formula is C4H9NOS3. The van der Waals surface area contributed by atoms with Crippen molar-refractivity contribution in [3.05, 3.63) is 0 Å². The van der Waals surface area contributed by atoms with E-state index in [4.69, 9.17) is 5.73 Å². The molecule has 2 N–H and O–H groups in total. The van der Waals surface area contributed by atoms with Gasteiger partial charge in [-0.25, -0.2) is 0 Å². The van der Waals surface area contributed by atoms with E-state index in [0.717, 1.165) is 10.8 Å². The molecule has 0 rings (SSSR count). The predicted molar refractivity (Wildman–Crippen MR) is 48.0 cm³/mol. The summed E-state index contributed by atoms with van der Waals surface area (Å²) in [5, 5.41) is -0.0904. The van der Waals surface area contributed by atoms with Gasteiger partial charge >= 0.3 is 0 Å². The average molecular weight is 183 g/mol. The van der Waals surface area contributed by atoms with Gasteiger partial charge in [0.15, 0.2) is 0 Å². The van der Waals surface area contributed by atoms with E-state index in [1.54, 1.807) is 0 Å². The van der Waals surface area contributed by atoms with Gasteiger partial charge in [0.1, 0.15) is 0 Å². The summed E-state index contributed by atoms with van der Waals surface area (Å²) >= 11 is 7.64. The molecule has 0 spiro atoms. The summed E-state index contributed by atoms with van der Waals surface area (Å²) in [6, 6.07) is -0.398. The van der Waals surface area contributed by atoms with E-state index in [2.05, 4.69) is 24.3 Å². The molecule has 0 radical (unpaired) electrons. The van der Waals surface area contributed by atoms with E-state index in [0.29, 0.717) is 12.2 Å². The summed E-state index contributed by atoms with van der Waals surface area (Å²) in [6.45, 7) is 0. The maximum atomic E-state index is 10.6. The molecule has 0 saturated heterocycles. The maximum absolute atomic E-state index is 10.6. The Morgan fingerprint density at radius 2 is 2.33 bits per heavy atom. The van der Waals surface area contributed by atoms with Gasteiger partial charge in [-0.2, -0.15) is 12.6 Å². The highest BCUT2D eigenvalue weighted by atomic mass is 33.1. The molecule has 5 heteroatoms. The molecule has 0 amide bonds. The van der Waals surface area contributed by atoms with Crippen LogP contribution in [0.15, 0.2) is 0 Å². The second-order valence-electron chi connectivity index (χ2n) is 1.53. The summed E-state index contributed by atoms with van der Waals surface area (Å²) in [7, 11) is 0.869. The quantitative estimate of drug-likeness (QED) is 0.446. The molecule has 0 aliphatic heterocycles. The van der Waals surface area contributed by atoms with Gasteiger partial charge in [-0.1, -0.05) is 0 Å². The minimum Gasteiger partial charge on any atom is -0.321 e. The smallest absolute Gasteiger partial charge is 0.215 e. The van der Waals surface area contributed by atoms with Gasteiger partial charge in [-0.05, 0) is 23.0 Å². The van der Waals surface area contributed by atoms with E-state index >= 15 is 0 Å².